The lowest BCUT2D eigenvalue weighted by Crippen LogP contribution is -2.34. The van der Waals surface area contributed by atoms with Crippen LogP contribution in [0.4, 0.5) is 10.5 Å². The van der Waals surface area contributed by atoms with Gasteiger partial charge in [-0.15, -0.1) is 0 Å². The van der Waals surface area contributed by atoms with Gasteiger partial charge in [0.25, 0.3) is 0 Å². The lowest BCUT2D eigenvalue weighted by atomic mass is 10.2. The topological polar surface area (TPSA) is 67.2 Å². The molecular weight excluding hydrogens is 178 g/mol. The molecule has 0 atom stereocenters. The first-order valence-electron chi connectivity index (χ1n) is 4.58. The van der Waals surface area contributed by atoms with Crippen molar-refractivity contribution >= 4 is 11.7 Å². The van der Waals surface area contributed by atoms with Crippen LogP contribution in [0.25, 0.3) is 0 Å². The van der Waals surface area contributed by atoms with E-state index in [0.29, 0.717) is 13.1 Å². The summed E-state index contributed by atoms with van der Waals surface area (Å²) < 4.78 is 0. The Labute approximate surface area is 83.5 Å². The van der Waals surface area contributed by atoms with Crippen molar-refractivity contribution in [2.45, 2.75) is 13.5 Å². The Hall–Kier alpha value is -1.71. The van der Waals surface area contributed by atoms with Crippen LogP contribution in [0, 0.1) is 0 Å². The molecular formula is C10H15N3O. The van der Waals surface area contributed by atoms with Crippen LogP contribution in [-0.4, -0.2) is 12.6 Å². The summed E-state index contributed by atoms with van der Waals surface area (Å²) in [7, 11) is 0. The van der Waals surface area contributed by atoms with E-state index in [9.17, 15) is 4.79 Å². The number of nitrogen functional groups attached to an aromatic ring is 1. The van der Waals surface area contributed by atoms with Crippen molar-refractivity contribution in [2.75, 3.05) is 12.3 Å². The normalized spacial score (nSPS) is 9.50. The molecule has 0 aromatic heterocycles. The van der Waals surface area contributed by atoms with Crippen molar-refractivity contribution in [1.82, 2.24) is 10.6 Å². The molecule has 1 rings (SSSR count). The number of rotatable bonds is 3. The third kappa shape index (κ3) is 3.35. The maximum atomic E-state index is 11.0. The van der Waals surface area contributed by atoms with Gasteiger partial charge in [0.1, 0.15) is 0 Å². The van der Waals surface area contributed by atoms with E-state index in [2.05, 4.69) is 10.6 Å². The number of amides is 2. The quantitative estimate of drug-likeness (QED) is 0.629. The van der Waals surface area contributed by atoms with Gasteiger partial charge in [-0.3, -0.25) is 0 Å². The van der Waals surface area contributed by atoms with Crippen LogP contribution >= 0.6 is 0 Å². The van der Waals surface area contributed by atoms with Crippen LogP contribution < -0.4 is 16.4 Å². The average molecular weight is 193 g/mol. The molecule has 1 aromatic rings. The number of nitrogens with one attached hydrogen (secondary N) is 2. The van der Waals surface area contributed by atoms with Gasteiger partial charge in [0.2, 0.25) is 0 Å². The fraction of sp³-hybridized carbons (Fsp3) is 0.300. The van der Waals surface area contributed by atoms with Crippen molar-refractivity contribution in [3.05, 3.63) is 29.8 Å². The first kappa shape index (κ1) is 10.4. The zero-order chi connectivity index (χ0) is 10.4. The molecule has 0 radical (unpaired) electrons. The Balaban J connectivity index is 2.38. The zero-order valence-corrected chi connectivity index (χ0v) is 8.21. The number of anilines is 1. The number of nitrogens with two attached hydrogens (primary N) is 1. The minimum Gasteiger partial charge on any atom is -0.399 e. The Bertz CT molecular complexity index is 295. The molecule has 0 saturated carbocycles. The molecule has 4 N–H and O–H groups in total. The third-order valence-corrected chi connectivity index (χ3v) is 1.77. The second-order valence-electron chi connectivity index (χ2n) is 2.95. The number of urea groups is 1. The molecule has 4 nitrogen and oxygen atoms in total. The molecule has 1 aromatic carbocycles. The molecule has 0 fully saturated rings. The van der Waals surface area contributed by atoms with Crippen LogP contribution in [-0.2, 0) is 6.54 Å². The summed E-state index contributed by atoms with van der Waals surface area (Å²) in [6.45, 7) is 3.03. The van der Waals surface area contributed by atoms with E-state index in [-0.39, 0.29) is 6.03 Å². The smallest absolute Gasteiger partial charge is 0.315 e. The number of hydrogen-bond acceptors (Lipinski definition) is 2. The van der Waals surface area contributed by atoms with Gasteiger partial charge >= 0.3 is 6.03 Å². The van der Waals surface area contributed by atoms with Gasteiger partial charge in [-0.2, -0.15) is 0 Å². The molecule has 0 heterocycles. The first-order valence-corrected chi connectivity index (χ1v) is 4.58. The van der Waals surface area contributed by atoms with Gasteiger partial charge in [-0.25, -0.2) is 4.79 Å². The molecule has 0 spiro atoms. The number of carbonyl (C=O) groups is 1. The maximum absolute atomic E-state index is 11.0. The molecule has 0 aliphatic carbocycles. The standard InChI is InChI=1S/C10H15N3O/c1-2-12-10(14)13-7-8-3-5-9(11)6-4-8/h3-6H,2,7,11H2,1H3,(H2,12,13,14). The van der Waals surface area contributed by atoms with Gasteiger partial charge in [-0.1, -0.05) is 12.1 Å². The lowest BCUT2D eigenvalue weighted by molar-refractivity contribution is 0.241. The number of benzene rings is 1. The second-order valence-corrected chi connectivity index (χ2v) is 2.95. The average Bonchev–Trinajstić information content (AvgIpc) is 2.17. The molecule has 4 heteroatoms. The molecule has 2 amide bonds. The highest BCUT2D eigenvalue weighted by Crippen LogP contribution is 2.04. The zero-order valence-electron chi connectivity index (χ0n) is 8.21. The van der Waals surface area contributed by atoms with Crippen LogP contribution in [0.5, 0.6) is 0 Å². The minimum atomic E-state index is -0.149. The van der Waals surface area contributed by atoms with Gasteiger partial charge in [-0.05, 0) is 24.6 Å². The van der Waals surface area contributed by atoms with Gasteiger partial charge in [0.15, 0.2) is 0 Å². The largest absolute Gasteiger partial charge is 0.399 e. The lowest BCUT2D eigenvalue weighted by Gasteiger charge is -2.05. The summed E-state index contributed by atoms with van der Waals surface area (Å²) in [5.41, 5.74) is 7.29. The fourth-order valence-electron chi connectivity index (χ4n) is 1.04. The maximum Gasteiger partial charge on any atom is 0.315 e. The molecule has 0 aliphatic heterocycles. The van der Waals surface area contributed by atoms with Crippen molar-refractivity contribution in [3.63, 3.8) is 0 Å². The Kier molecular flexibility index (Phi) is 3.79. The summed E-state index contributed by atoms with van der Waals surface area (Å²) in [6.07, 6.45) is 0. The Morgan fingerprint density at radius 1 is 1.29 bits per heavy atom. The summed E-state index contributed by atoms with van der Waals surface area (Å²) in [5.74, 6) is 0. The molecule has 0 bridgehead atoms. The summed E-state index contributed by atoms with van der Waals surface area (Å²) >= 11 is 0. The molecule has 76 valence electrons. The molecule has 0 unspecified atom stereocenters. The predicted octanol–water partition coefficient (Wildman–Crippen LogP) is 1.09. The van der Waals surface area contributed by atoms with E-state index < -0.39 is 0 Å². The highest BCUT2D eigenvalue weighted by molar-refractivity contribution is 5.73. The van der Waals surface area contributed by atoms with Crippen molar-refractivity contribution < 1.29 is 4.79 Å². The minimum absolute atomic E-state index is 0.149. The van der Waals surface area contributed by atoms with E-state index in [1.165, 1.54) is 0 Å². The van der Waals surface area contributed by atoms with Crippen LogP contribution in [0.15, 0.2) is 24.3 Å². The Morgan fingerprint density at radius 2 is 1.93 bits per heavy atom. The van der Waals surface area contributed by atoms with E-state index in [1.807, 2.05) is 31.2 Å². The second kappa shape index (κ2) is 5.11. The van der Waals surface area contributed by atoms with E-state index in [4.69, 9.17) is 5.73 Å². The van der Waals surface area contributed by atoms with E-state index in [0.717, 1.165) is 11.3 Å². The van der Waals surface area contributed by atoms with Crippen LogP contribution in [0.1, 0.15) is 12.5 Å². The molecule has 0 aliphatic rings. The highest BCUT2D eigenvalue weighted by Gasteiger charge is 1.97. The summed E-state index contributed by atoms with van der Waals surface area (Å²) in [6, 6.07) is 7.26. The van der Waals surface area contributed by atoms with Gasteiger partial charge in [0, 0.05) is 18.8 Å². The van der Waals surface area contributed by atoms with E-state index in [1.54, 1.807) is 0 Å². The van der Waals surface area contributed by atoms with E-state index >= 15 is 0 Å². The highest BCUT2D eigenvalue weighted by atomic mass is 16.2. The first-order chi connectivity index (χ1) is 6.72. The number of hydrogen-bond donors (Lipinski definition) is 3. The summed E-state index contributed by atoms with van der Waals surface area (Å²) in [5, 5.41) is 5.38. The number of carbonyl (C=O) groups excluding carboxylic acids is 1. The third-order valence-electron chi connectivity index (χ3n) is 1.77. The van der Waals surface area contributed by atoms with Crippen molar-refractivity contribution in [3.8, 4) is 0 Å². The summed E-state index contributed by atoms with van der Waals surface area (Å²) in [4.78, 5) is 11.0. The monoisotopic (exact) mass is 193 g/mol. The predicted molar refractivity (Wildman–Crippen MR) is 56.8 cm³/mol. The van der Waals surface area contributed by atoms with Crippen LogP contribution in [0.3, 0.4) is 0 Å². The van der Waals surface area contributed by atoms with Crippen molar-refractivity contribution in [2.24, 2.45) is 0 Å². The van der Waals surface area contributed by atoms with Crippen LogP contribution in [0.2, 0.25) is 0 Å². The molecule has 0 saturated heterocycles. The van der Waals surface area contributed by atoms with Gasteiger partial charge < -0.3 is 16.4 Å². The Morgan fingerprint density at radius 3 is 2.50 bits per heavy atom. The fourth-order valence-corrected chi connectivity index (χ4v) is 1.04. The SMILES string of the molecule is CCNC(=O)NCc1ccc(N)cc1. The van der Waals surface area contributed by atoms with Crippen molar-refractivity contribution in [1.29, 1.82) is 0 Å². The van der Waals surface area contributed by atoms with Gasteiger partial charge in [0.05, 0.1) is 0 Å². The molecule has 14 heavy (non-hydrogen) atoms.